The number of nitrogens with one attached hydrogen (secondary N) is 3. The lowest BCUT2D eigenvalue weighted by Gasteiger charge is -2.31. The van der Waals surface area contributed by atoms with Gasteiger partial charge in [0, 0.05) is 35.9 Å². The number of phenols is 1. The number of rotatable bonds is 8. The number of aromatic amines is 1. The average molecular weight is 619 g/mol. The van der Waals surface area contributed by atoms with E-state index in [9.17, 15) is 32.7 Å². The molecule has 11 nitrogen and oxygen atoms in total. The third kappa shape index (κ3) is 6.30. The molecule has 2 unspecified atom stereocenters. The van der Waals surface area contributed by atoms with Gasteiger partial charge >= 0.3 is 0 Å². The molecule has 0 fully saturated rings. The van der Waals surface area contributed by atoms with Gasteiger partial charge in [-0.2, -0.15) is 0 Å². The first kappa shape index (κ1) is 30.7. The van der Waals surface area contributed by atoms with Crippen LogP contribution in [0.2, 0.25) is 0 Å². The molecule has 0 bridgehead atoms. The SMILES string of the molecule is CC(C)(C)c1ccc(C(=O)NC(Cc2ccc(O)cc2)C(=O)N2C3=C(CC2S(=O)(=O)Cc2ccc[nH]c2=O)NCC3=O)cc1. The van der Waals surface area contributed by atoms with Crippen LogP contribution in [0.15, 0.2) is 83.0 Å². The normalized spacial score (nSPS) is 17.3. The van der Waals surface area contributed by atoms with E-state index >= 15 is 0 Å². The average Bonchev–Trinajstić information content (AvgIpc) is 3.54. The highest BCUT2D eigenvalue weighted by Gasteiger charge is 2.49. The number of aromatic hydroxyl groups is 1. The summed E-state index contributed by atoms with van der Waals surface area (Å²) in [6, 6.07) is 14.7. The van der Waals surface area contributed by atoms with E-state index in [1.54, 1.807) is 24.3 Å². The number of Topliss-reactive ketones (excluding diaryl/α,β-unsaturated/α-hetero) is 1. The molecule has 0 aliphatic carbocycles. The molecule has 12 heteroatoms. The van der Waals surface area contributed by atoms with Crippen molar-refractivity contribution in [1.82, 2.24) is 20.5 Å². The second kappa shape index (κ2) is 11.8. The van der Waals surface area contributed by atoms with E-state index in [0.29, 0.717) is 16.8 Å². The lowest BCUT2D eigenvalue weighted by atomic mass is 9.86. The van der Waals surface area contributed by atoms with Crippen LogP contribution in [0.1, 0.15) is 54.2 Å². The van der Waals surface area contributed by atoms with E-state index in [1.165, 1.54) is 30.5 Å². The van der Waals surface area contributed by atoms with Crippen LogP contribution >= 0.6 is 0 Å². The molecule has 0 saturated carbocycles. The maximum atomic E-state index is 14.3. The molecule has 1 aromatic heterocycles. The number of carbonyl (C=O) groups excluding carboxylic acids is 3. The fourth-order valence-corrected chi connectivity index (χ4v) is 7.21. The zero-order valence-electron chi connectivity index (χ0n) is 24.6. The Labute approximate surface area is 254 Å². The van der Waals surface area contributed by atoms with Gasteiger partial charge in [-0.05, 0) is 46.9 Å². The maximum absolute atomic E-state index is 14.3. The van der Waals surface area contributed by atoms with Gasteiger partial charge in [0.25, 0.3) is 17.4 Å². The van der Waals surface area contributed by atoms with E-state index in [-0.39, 0.29) is 41.8 Å². The summed E-state index contributed by atoms with van der Waals surface area (Å²) in [5, 5.41) is 13.9. The minimum Gasteiger partial charge on any atom is -0.508 e. The largest absolute Gasteiger partial charge is 0.508 e. The van der Waals surface area contributed by atoms with Crippen LogP contribution in [0.25, 0.3) is 0 Å². The van der Waals surface area contributed by atoms with E-state index in [1.807, 2.05) is 32.9 Å². The Morgan fingerprint density at radius 2 is 1.73 bits per heavy atom. The van der Waals surface area contributed by atoms with Crippen molar-refractivity contribution in [2.24, 2.45) is 0 Å². The number of carbonyl (C=O) groups is 3. The highest BCUT2D eigenvalue weighted by atomic mass is 32.2. The number of pyridine rings is 1. The summed E-state index contributed by atoms with van der Waals surface area (Å²) in [6.45, 7) is 6.05. The second-order valence-corrected chi connectivity index (χ2v) is 14.2. The van der Waals surface area contributed by atoms with Crippen LogP contribution in [-0.2, 0) is 37.0 Å². The molecule has 0 spiro atoms. The highest BCUT2D eigenvalue weighted by molar-refractivity contribution is 7.91. The number of H-pyrrole nitrogens is 1. The van der Waals surface area contributed by atoms with Crippen molar-refractivity contribution >= 4 is 27.4 Å². The van der Waals surface area contributed by atoms with Gasteiger partial charge in [0.1, 0.15) is 22.9 Å². The lowest BCUT2D eigenvalue weighted by molar-refractivity contribution is -0.133. The topological polar surface area (TPSA) is 166 Å². The molecule has 2 atom stereocenters. The van der Waals surface area contributed by atoms with Gasteiger partial charge in [0.05, 0.1) is 12.3 Å². The predicted molar refractivity (Wildman–Crippen MR) is 163 cm³/mol. The van der Waals surface area contributed by atoms with Crippen LogP contribution in [0.4, 0.5) is 0 Å². The molecule has 230 valence electrons. The predicted octanol–water partition coefficient (Wildman–Crippen LogP) is 2.28. The van der Waals surface area contributed by atoms with Crippen LogP contribution in [0, 0.1) is 0 Å². The minimum atomic E-state index is -4.20. The fraction of sp³-hybridized carbons (Fsp3) is 0.312. The molecule has 2 aliphatic heterocycles. The number of hydrogen-bond acceptors (Lipinski definition) is 8. The molecule has 2 amide bonds. The van der Waals surface area contributed by atoms with Gasteiger partial charge in [0.15, 0.2) is 15.6 Å². The number of sulfone groups is 1. The summed E-state index contributed by atoms with van der Waals surface area (Å²) >= 11 is 0. The first-order valence-electron chi connectivity index (χ1n) is 14.2. The fourth-order valence-electron chi connectivity index (χ4n) is 5.40. The molecule has 2 aromatic carbocycles. The summed E-state index contributed by atoms with van der Waals surface area (Å²) in [4.78, 5) is 56.5. The third-order valence-electron chi connectivity index (χ3n) is 7.82. The van der Waals surface area contributed by atoms with Crippen LogP contribution in [-0.4, -0.2) is 59.0 Å². The van der Waals surface area contributed by atoms with Crippen molar-refractivity contribution < 1.29 is 27.9 Å². The number of hydrogen-bond donors (Lipinski definition) is 4. The summed E-state index contributed by atoms with van der Waals surface area (Å²) in [5.74, 6) is -2.42. The number of benzene rings is 2. The molecule has 44 heavy (non-hydrogen) atoms. The molecule has 0 radical (unpaired) electrons. The van der Waals surface area contributed by atoms with Crippen molar-refractivity contribution in [3.05, 3.63) is 111 Å². The van der Waals surface area contributed by atoms with E-state index in [0.717, 1.165) is 10.5 Å². The van der Waals surface area contributed by atoms with E-state index in [4.69, 9.17) is 0 Å². The maximum Gasteiger partial charge on any atom is 0.252 e. The third-order valence-corrected chi connectivity index (χ3v) is 9.74. The van der Waals surface area contributed by atoms with Crippen molar-refractivity contribution in [3.63, 3.8) is 0 Å². The molecule has 2 aliphatic rings. The summed E-state index contributed by atoms with van der Waals surface area (Å²) in [7, 11) is -4.20. The molecule has 4 N–H and O–H groups in total. The van der Waals surface area contributed by atoms with Gasteiger partial charge in [-0.1, -0.05) is 51.1 Å². The second-order valence-electron chi connectivity index (χ2n) is 12.0. The van der Waals surface area contributed by atoms with Crippen molar-refractivity contribution in [1.29, 1.82) is 0 Å². The van der Waals surface area contributed by atoms with Gasteiger partial charge in [-0.25, -0.2) is 8.42 Å². The molecule has 3 heterocycles. The van der Waals surface area contributed by atoms with Crippen LogP contribution < -0.4 is 16.2 Å². The lowest BCUT2D eigenvalue weighted by Crippen LogP contribution is -2.53. The molecule has 3 aromatic rings. The number of amides is 2. The van der Waals surface area contributed by atoms with Crippen LogP contribution in [0.5, 0.6) is 5.75 Å². The monoisotopic (exact) mass is 618 g/mol. The van der Waals surface area contributed by atoms with Crippen molar-refractivity contribution in [2.45, 2.75) is 56.2 Å². The van der Waals surface area contributed by atoms with Gasteiger partial charge < -0.3 is 20.7 Å². The Balaban J connectivity index is 1.50. The standard InChI is InChI=1S/C32H34N4O7S/c1-32(2,3)22-10-8-20(9-11-22)30(40)35-25(15-19-6-12-23(37)13-7-19)31(41)36-27(16-24-28(36)26(38)17-34-24)44(42,43)18-21-5-4-14-33-29(21)39/h4-14,25,27,34,37H,15-18H2,1-3H3,(H,33,39)(H,35,40). The first-order chi connectivity index (χ1) is 20.7. The van der Waals surface area contributed by atoms with E-state index < -0.39 is 50.2 Å². The Kier molecular flexibility index (Phi) is 8.21. The summed E-state index contributed by atoms with van der Waals surface area (Å²) in [6.07, 6.45) is 1.18. The minimum absolute atomic E-state index is 0.00102. The molecule has 5 rings (SSSR count). The van der Waals surface area contributed by atoms with Gasteiger partial charge in [-0.15, -0.1) is 0 Å². The Morgan fingerprint density at radius 3 is 2.36 bits per heavy atom. The van der Waals surface area contributed by atoms with Gasteiger partial charge in [0.2, 0.25) is 0 Å². The quantitative estimate of drug-likeness (QED) is 0.299. The Morgan fingerprint density at radius 1 is 1.05 bits per heavy atom. The zero-order chi connectivity index (χ0) is 31.8. The van der Waals surface area contributed by atoms with E-state index in [2.05, 4.69) is 15.6 Å². The number of ketones is 1. The Hall–Kier alpha value is -4.71. The zero-order valence-corrected chi connectivity index (χ0v) is 25.4. The number of phenolic OH excluding ortho intramolecular Hbond substituents is 1. The number of aromatic nitrogens is 1. The van der Waals surface area contributed by atoms with Crippen molar-refractivity contribution in [2.75, 3.05) is 6.54 Å². The summed E-state index contributed by atoms with van der Waals surface area (Å²) in [5.41, 5.74) is 1.46. The van der Waals surface area contributed by atoms with Crippen LogP contribution in [0.3, 0.4) is 0 Å². The molecular formula is C32H34N4O7S. The van der Waals surface area contributed by atoms with Crippen molar-refractivity contribution in [3.8, 4) is 5.75 Å². The highest BCUT2D eigenvalue weighted by Crippen LogP contribution is 2.36. The van der Waals surface area contributed by atoms with Gasteiger partial charge in [-0.3, -0.25) is 24.1 Å². The summed E-state index contributed by atoms with van der Waals surface area (Å²) < 4.78 is 27.5. The number of nitrogens with zero attached hydrogens (tertiary/aromatic N) is 1. The first-order valence-corrected chi connectivity index (χ1v) is 15.9. The smallest absolute Gasteiger partial charge is 0.252 e. The molecule has 0 saturated heterocycles. The Bertz CT molecular complexity index is 1800. The molecular weight excluding hydrogens is 584 g/mol.